The molecule has 0 bridgehead atoms. The number of hydrogen-bond donors (Lipinski definition) is 2. The van der Waals surface area contributed by atoms with Crippen LogP contribution in [-0.4, -0.2) is 22.4 Å². The minimum Gasteiger partial charge on any atom is -0.350 e. The van der Waals surface area contributed by atoms with Crippen molar-refractivity contribution in [2.24, 2.45) is 5.92 Å². The van der Waals surface area contributed by atoms with E-state index in [4.69, 9.17) is 0 Å². The van der Waals surface area contributed by atoms with Crippen LogP contribution in [0.1, 0.15) is 35.6 Å². The van der Waals surface area contributed by atoms with Crippen LogP contribution in [0.4, 0.5) is 10.3 Å². The molecule has 1 aromatic heterocycles. The summed E-state index contributed by atoms with van der Waals surface area (Å²) in [6, 6.07) is 7.83. The minimum atomic E-state index is -0.273. The molecule has 1 aromatic carbocycles. The summed E-state index contributed by atoms with van der Waals surface area (Å²) >= 11 is 0. The van der Waals surface area contributed by atoms with E-state index in [1.165, 1.54) is 12.1 Å². The summed E-state index contributed by atoms with van der Waals surface area (Å²) < 4.78 is 12.9. The lowest BCUT2D eigenvalue weighted by atomic mass is 10.2. The summed E-state index contributed by atoms with van der Waals surface area (Å²) in [6.07, 6.45) is 0. The van der Waals surface area contributed by atoms with Crippen molar-refractivity contribution in [1.29, 1.82) is 0 Å². The Labute approximate surface area is 135 Å². The van der Waals surface area contributed by atoms with Gasteiger partial charge in [-0.1, -0.05) is 26.0 Å². The molecule has 0 unspecified atom stereocenters. The molecule has 23 heavy (non-hydrogen) atoms. The molecule has 1 heterocycles. The van der Waals surface area contributed by atoms with Gasteiger partial charge in [-0.05, 0) is 36.6 Å². The lowest BCUT2D eigenvalue weighted by molar-refractivity contribution is 0.0944. The Balaban J connectivity index is 2.04. The first-order valence-corrected chi connectivity index (χ1v) is 7.56. The van der Waals surface area contributed by atoms with Gasteiger partial charge in [-0.25, -0.2) is 14.4 Å². The van der Waals surface area contributed by atoms with Crippen LogP contribution in [-0.2, 0) is 6.54 Å². The molecular formula is C17H21FN4O. The molecule has 2 N–H and O–H groups in total. The molecule has 0 radical (unpaired) electrons. The SMILES string of the molecule is Cc1cc(C(=O)NCC(C)C)nc(NCc2ccc(F)cc2)n1. The van der Waals surface area contributed by atoms with Gasteiger partial charge in [0.2, 0.25) is 5.95 Å². The number of amides is 1. The number of hydrogen-bond acceptors (Lipinski definition) is 4. The van der Waals surface area contributed by atoms with Crippen LogP contribution in [0.3, 0.4) is 0 Å². The number of carbonyl (C=O) groups excluding carboxylic acids is 1. The lowest BCUT2D eigenvalue weighted by Crippen LogP contribution is -2.28. The summed E-state index contributed by atoms with van der Waals surface area (Å²) in [7, 11) is 0. The number of halogens is 1. The highest BCUT2D eigenvalue weighted by Crippen LogP contribution is 2.08. The number of rotatable bonds is 6. The molecule has 0 saturated heterocycles. The molecule has 0 fully saturated rings. The second-order valence-electron chi connectivity index (χ2n) is 5.80. The smallest absolute Gasteiger partial charge is 0.270 e. The van der Waals surface area contributed by atoms with Gasteiger partial charge in [-0.2, -0.15) is 0 Å². The number of benzene rings is 1. The molecule has 0 spiro atoms. The fourth-order valence-corrected chi connectivity index (χ4v) is 1.93. The largest absolute Gasteiger partial charge is 0.350 e. The Bertz CT molecular complexity index is 671. The number of nitrogens with one attached hydrogen (secondary N) is 2. The van der Waals surface area contributed by atoms with E-state index in [0.717, 1.165) is 5.56 Å². The van der Waals surface area contributed by atoms with Crippen molar-refractivity contribution in [3.05, 3.63) is 53.1 Å². The first kappa shape index (κ1) is 16.9. The fraction of sp³-hybridized carbons (Fsp3) is 0.353. The Morgan fingerprint density at radius 1 is 1.22 bits per heavy atom. The number of carbonyl (C=O) groups is 1. The van der Waals surface area contributed by atoms with E-state index in [0.29, 0.717) is 36.3 Å². The lowest BCUT2D eigenvalue weighted by Gasteiger charge is -2.10. The third kappa shape index (κ3) is 5.32. The highest BCUT2D eigenvalue weighted by molar-refractivity contribution is 5.92. The zero-order valence-corrected chi connectivity index (χ0v) is 13.6. The van der Waals surface area contributed by atoms with Crippen molar-refractivity contribution in [2.45, 2.75) is 27.3 Å². The van der Waals surface area contributed by atoms with Gasteiger partial charge in [-0.3, -0.25) is 4.79 Å². The molecule has 2 aromatic rings. The minimum absolute atomic E-state index is 0.214. The van der Waals surface area contributed by atoms with Crippen molar-refractivity contribution in [1.82, 2.24) is 15.3 Å². The summed E-state index contributed by atoms with van der Waals surface area (Å²) in [6.45, 7) is 6.92. The van der Waals surface area contributed by atoms with Crippen LogP contribution in [0.5, 0.6) is 0 Å². The Hall–Kier alpha value is -2.50. The van der Waals surface area contributed by atoms with Crippen LogP contribution < -0.4 is 10.6 Å². The molecule has 0 aliphatic heterocycles. The van der Waals surface area contributed by atoms with Crippen molar-refractivity contribution in [3.63, 3.8) is 0 Å². The maximum Gasteiger partial charge on any atom is 0.270 e. The van der Waals surface area contributed by atoms with Gasteiger partial charge >= 0.3 is 0 Å². The van der Waals surface area contributed by atoms with E-state index < -0.39 is 0 Å². The number of nitrogens with zero attached hydrogens (tertiary/aromatic N) is 2. The van der Waals surface area contributed by atoms with E-state index in [9.17, 15) is 9.18 Å². The van der Waals surface area contributed by atoms with Crippen molar-refractivity contribution >= 4 is 11.9 Å². The highest BCUT2D eigenvalue weighted by atomic mass is 19.1. The maximum absolute atomic E-state index is 12.9. The zero-order chi connectivity index (χ0) is 16.8. The Kier molecular flexibility index (Phi) is 5.62. The van der Waals surface area contributed by atoms with Gasteiger partial charge in [0, 0.05) is 18.8 Å². The van der Waals surface area contributed by atoms with E-state index in [-0.39, 0.29) is 11.7 Å². The predicted octanol–water partition coefficient (Wildman–Crippen LogP) is 2.92. The van der Waals surface area contributed by atoms with E-state index in [1.54, 1.807) is 18.2 Å². The second kappa shape index (κ2) is 7.67. The van der Waals surface area contributed by atoms with Crippen molar-refractivity contribution < 1.29 is 9.18 Å². The average Bonchev–Trinajstić information content (AvgIpc) is 2.51. The normalized spacial score (nSPS) is 10.7. The summed E-state index contributed by atoms with van der Waals surface area (Å²) in [5, 5.41) is 5.89. The number of anilines is 1. The van der Waals surface area contributed by atoms with E-state index in [2.05, 4.69) is 20.6 Å². The number of aromatic nitrogens is 2. The van der Waals surface area contributed by atoms with Gasteiger partial charge < -0.3 is 10.6 Å². The molecule has 2 rings (SSSR count). The van der Waals surface area contributed by atoms with Crippen molar-refractivity contribution in [3.8, 4) is 0 Å². The van der Waals surface area contributed by atoms with Gasteiger partial charge in [0.25, 0.3) is 5.91 Å². The van der Waals surface area contributed by atoms with Crippen LogP contribution in [0.2, 0.25) is 0 Å². The standard InChI is InChI=1S/C17H21FN4O/c1-11(2)9-19-16(23)15-8-12(3)21-17(22-15)20-10-13-4-6-14(18)7-5-13/h4-8,11H,9-10H2,1-3H3,(H,19,23)(H,20,21,22). The fourth-order valence-electron chi connectivity index (χ4n) is 1.93. The molecule has 0 aliphatic rings. The van der Waals surface area contributed by atoms with E-state index in [1.807, 2.05) is 20.8 Å². The second-order valence-corrected chi connectivity index (χ2v) is 5.80. The molecule has 6 heteroatoms. The Morgan fingerprint density at radius 3 is 2.57 bits per heavy atom. The molecule has 5 nitrogen and oxygen atoms in total. The molecule has 0 atom stereocenters. The van der Waals surface area contributed by atoms with Crippen molar-refractivity contribution in [2.75, 3.05) is 11.9 Å². The molecule has 122 valence electrons. The number of aryl methyl sites for hydroxylation is 1. The first-order valence-electron chi connectivity index (χ1n) is 7.56. The summed E-state index contributed by atoms with van der Waals surface area (Å²) in [4.78, 5) is 20.6. The van der Waals surface area contributed by atoms with Gasteiger partial charge in [0.15, 0.2) is 0 Å². The monoisotopic (exact) mass is 316 g/mol. The van der Waals surface area contributed by atoms with Crippen LogP contribution in [0, 0.1) is 18.7 Å². The van der Waals surface area contributed by atoms with Crippen LogP contribution in [0.15, 0.2) is 30.3 Å². The topological polar surface area (TPSA) is 66.9 Å². The van der Waals surface area contributed by atoms with Gasteiger partial charge in [0.05, 0.1) is 0 Å². The van der Waals surface area contributed by atoms with Gasteiger partial charge in [0.1, 0.15) is 11.5 Å². The molecular weight excluding hydrogens is 295 g/mol. The zero-order valence-electron chi connectivity index (χ0n) is 13.6. The summed E-state index contributed by atoms with van der Waals surface area (Å²) in [5.41, 5.74) is 1.94. The third-order valence-corrected chi connectivity index (χ3v) is 3.12. The van der Waals surface area contributed by atoms with Crippen LogP contribution >= 0.6 is 0 Å². The molecule has 1 amide bonds. The van der Waals surface area contributed by atoms with Gasteiger partial charge in [-0.15, -0.1) is 0 Å². The first-order chi connectivity index (χ1) is 10.9. The molecule has 0 aliphatic carbocycles. The van der Waals surface area contributed by atoms with E-state index >= 15 is 0 Å². The highest BCUT2D eigenvalue weighted by Gasteiger charge is 2.10. The average molecular weight is 316 g/mol. The third-order valence-electron chi connectivity index (χ3n) is 3.12. The predicted molar refractivity (Wildman–Crippen MR) is 87.7 cm³/mol. The quantitative estimate of drug-likeness (QED) is 0.860. The summed E-state index contributed by atoms with van der Waals surface area (Å²) in [5.74, 6) is 0.265. The van der Waals surface area contributed by atoms with Crippen LogP contribution in [0.25, 0.3) is 0 Å². The Morgan fingerprint density at radius 2 is 1.91 bits per heavy atom. The molecule has 0 saturated carbocycles. The maximum atomic E-state index is 12.9.